The molecule has 8 nitrogen and oxygen atoms in total. The summed E-state index contributed by atoms with van der Waals surface area (Å²) in [6, 6.07) is 6.86. The van der Waals surface area contributed by atoms with Crippen LogP contribution < -0.4 is 18.9 Å². The van der Waals surface area contributed by atoms with Gasteiger partial charge >= 0.3 is 12.4 Å². The summed E-state index contributed by atoms with van der Waals surface area (Å²) in [6.07, 6.45) is 1.18. The number of rotatable bonds is 8. The smallest absolute Gasteiger partial charge is 0.446 e. The van der Waals surface area contributed by atoms with Gasteiger partial charge in [0.15, 0.2) is 11.5 Å². The summed E-state index contributed by atoms with van der Waals surface area (Å²) in [7, 11) is 6.21. The lowest BCUT2D eigenvalue weighted by Crippen LogP contribution is -2.06. The summed E-state index contributed by atoms with van der Waals surface area (Å²) in [5.74, 6) is 1.42. The van der Waals surface area contributed by atoms with E-state index in [1.54, 1.807) is 38.5 Å². The van der Waals surface area contributed by atoms with Crippen LogP contribution in [0.5, 0.6) is 23.0 Å². The minimum absolute atomic E-state index is 0.331. The number of esters is 1. The molecule has 2 aromatic carbocycles. The van der Waals surface area contributed by atoms with Crippen molar-refractivity contribution in [2.75, 3.05) is 28.4 Å². The first kappa shape index (κ1) is 20.8. The Kier molecular flexibility index (Phi) is 7.01. The Balaban J connectivity index is 2.45. The summed E-state index contributed by atoms with van der Waals surface area (Å²) in [5, 5.41) is 0. The zero-order chi connectivity index (χ0) is 20.7. The lowest BCUT2D eigenvalue weighted by atomic mass is 9.96. The van der Waals surface area contributed by atoms with E-state index in [2.05, 4.69) is 9.53 Å². The van der Waals surface area contributed by atoms with Gasteiger partial charge in [-0.3, -0.25) is 0 Å². The quantitative estimate of drug-likeness (QED) is 0.227. The molecule has 2 rings (SSSR count). The molecule has 0 bridgehead atoms. The summed E-state index contributed by atoms with van der Waals surface area (Å²) in [4.78, 5) is 14.4. The number of methoxy groups -OCH3 is 4. The maximum absolute atomic E-state index is 11.8. The third kappa shape index (κ3) is 4.07. The van der Waals surface area contributed by atoms with Crippen LogP contribution in [0.4, 0.5) is 0 Å². The van der Waals surface area contributed by atoms with Crippen molar-refractivity contribution in [2.24, 2.45) is 0 Å². The monoisotopic (exact) mass is 386 g/mol. The molecule has 8 heteroatoms. The summed E-state index contributed by atoms with van der Waals surface area (Å²) >= 11 is 0. The van der Waals surface area contributed by atoms with Crippen molar-refractivity contribution in [1.29, 1.82) is 0 Å². The predicted octanol–water partition coefficient (Wildman–Crippen LogP) is 3.04. The van der Waals surface area contributed by atoms with Gasteiger partial charge in [0.2, 0.25) is 11.5 Å². The van der Waals surface area contributed by atoms with Crippen LogP contribution in [0.15, 0.2) is 24.3 Å². The molecule has 0 N–H and O–H groups in total. The highest BCUT2D eigenvalue weighted by atomic mass is 16.5. The number of carbonyl (C=O) groups excluding carboxylic acids is 1. The zero-order valence-electron chi connectivity index (χ0n) is 16.4. The van der Waals surface area contributed by atoms with E-state index in [0.29, 0.717) is 41.4 Å². The number of benzene rings is 2. The Hall–Kier alpha value is -3.51. The Labute approximate surface area is 163 Å². The second kappa shape index (κ2) is 9.43. The van der Waals surface area contributed by atoms with E-state index in [9.17, 15) is 4.79 Å². The van der Waals surface area contributed by atoms with E-state index in [1.807, 2.05) is 6.92 Å². The van der Waals surface area contributed by atoms with Gasteiger partial charge in [0.05, 0.1) is 34.0 Å². The average molecular weight is 386 g/mol. The maximum atomic E-state index is 11.8. The van der Waals surface area contributed by atoms with Gasteiger partial charge in [-0.25, -0.2) is 4.79 Å². The molecular weight excluding hydrogens is 364 g/mol. The molecule has 0 atom stereocenters. The SMILES string of the molecule is COc1c(C)c(Cc2ccc(C(=O)OC=[N+]=[N-])cc2)c(OC)c(OC)c1OC. The molecule has 28 heavy (non-hydrogen) atoms. The molecule has 0 saturated carbocycles. The van der Waals surface area contributed by atoms with Gasteiger partial charge in [0.25, 0.3) is 0 Å². The molecule has 0 aromatic heterocycles. The van der Waals surface area contributed by atoms with Crippen molar-refractivity contribution in [3.63, 3.8) is 0 Å². The van der Waals surface area contributed by atoms with Crippen LogP contribution in [0, 0.1) is 6.92 Å². The first-order chi connectivity index (χ1) is 13.5. The highest BCUT2D eigenvalue weighted by Crippen LogP contribution is 2.49. The van der Waals surface area contributed by atoms with Crippen LogP contribution in [0.3, 0.4) is 0 Å². The first-order valence-electron chi connectivity index (χ1n) is 8.33. The molecule has 0 aliphatic carbocycles. The second-order valence-corrected chi connectivity index (χ2v) is 5.74. The fourth-order valence-electron chi connectivity index (χ4n) is 2.97. The minimum atomic E-state index is -0.620. The van der Waals surface area contributed by atoms with E-state index in [1.165, 1.54) is 14.2 Å². The maximum Gasteiger partial charge on any atom is 0.446 e. The predicted molar refractivity (Wildman–Crippen MR) is 102 cm³/mol. The molecule has 0 heterocycles. The van der Waals surface area contributed by atoms with E-state index in [-0.39, 0.29) is 0 Å². The van der Waals surface area contributed by atoms with E-state index in [0.717, 1.165) is 16.7 Å². The highest BCUT2D eigenvalue weighted by molar-refractivity contribution is 5.93. The molecule has 0 saturated heterocycles. The topological polar surface area (TPSA) is 99.6 Å². The van der Waals surface area contributed by atoms with Crippen LogP contribution in [-0.2, 0) is 11.2 Å². The number of carbonyl (C=O) groups is 1. The molecule has 0 amide bonds. The van der Waals surface area contributed by atoms with Gasteiger partial charge in [-0.05, 0) is 24.6 Å². The van der Waals surface area contributed by atoms with Crippen molar-refractivity contribution >= 4 is 12.4 Å². The van der Waals surface area contributed by atoms with Gasteiger partial charge in [0, 0.05) is 17.5 Å². The lowest BCUT2D eigenvalue weighted by molar-refractivity contribution is -0.0230. The number of ether oxygens (including phenoxy) is 5. The largest absolute Gasteiger partial charge is 0.492 e. The number of hydrogen-bond donors (Lipinski definition) is 0. The molecular formula is C20H22N2O6. The van der Waals surface area contributed by atoms with Crippen LogP contribution in [0.1, 0.15) is 27.0 Å². The van der Waals surface area contributed by atoms with Crippen molar-refractivity contribution in [3.8, 4) is 23.0 Å². The van der Waals surface area contributed by atoms with E-state index >= 15 is 0 Å². The number of nitrogens with zero attached hydrogens (tertiary/aromatic N) is 2. The van der Waals surface area contributed by atoms with E-state index in [4.69, 9.17) is 24.5 Å². The van der Waals surface area contributed by atoms with E-state index < -0.39 is 5.97 Å². The van der Waals surface area contributed by atoms with Gasteiger partial charge < -0.3 is 29.2 Å². The second-order valence-electron chi connectivity index (χ2n) is 5.74. The molecule has 0 fully saturated rings. The summed E-state index contributed by atoms with van der Waals surface area (Å²) in [5.41, 5.74) is 11.3. The third-order valence-electron chi connectivity index (χ3n) is 4.28. The van der Waals surface area contributed by atoms with Crippen molar-refractivity contribution in [1.82, 2.24) is 0 Å². The van der Waals surface area contributed by atoms with Crippen molar-refractivity contribution in [2.45, 2.75) is 13.3 Å². The standard InChI is InChI=1S/C20H22N2O6/c1-12-15(17(25-3)19(27-5)18(26-4)16(12)24-2)10-13-6-8-14(9-7-13)20(23)28-11-22-21/h6-9,11H,10H2,1-5H3. The van der Waals surface area contributed by atoms with Crippen molar-refractivity contribution in [3.05, 3.63) is 52.1 Å². The van der Waals surface area contributed by atoms with Crippen molar-refractivity contribution < 1.29 is 33.3 Å². The fraction of sp³-hybridized carbons (Fsp3) is 0.300. The summed E-state index contributed by atoms with van der Waals surface area (Å²) < 4.78 is 26.7. The molecule has 148 valence electrons. The van der Waals surface area contributed by atoms with Crippen LogP contribution in [0.2, 0.25) is 0 Å². The van der Waals surface area contributed by atoms with Gasteiger partial charge in [-0.2, -0.15) is 0 Å². The molecule has 0 unspecified atom stereocenters. The first-order valence-corrected chi connectivity index (χ1v) is 8.33. The molecule has 2 aromatic rings. The average Bonchev–Trinajstić information content (AvgIpc) is 2.72. The Morgan fingerprint density at radius 2 is 1.46 bits per heavy atom. The molecule has 0 aliphatic rings. The van der Waals surface area contributed by atoms with Gasteiger partial charge in [0.1, 0.15) is 0 Å². The molecule has 0 radical (unpaired) electrons. The molecule has 0 spiro atoms. The highest BCUT2D eigenvalue weighted by Gasteiger charge is 2.25. The summed E-state index contributed by atoms with van der Waals surface area (Å²) in [6.45, 7) is 1.92. The minimum Gasteiger partial charge on any atom is -0.492 e. The zero-order valence-corrected chi connectivity index (χ0v) is 16.4. The fourth-order valence-corrected chi connectivity index (χ4v) is 2.97. The Bertz CT molecular complexity index is 902. The normalized spacial score (nSPS) is 9.89. The number of hydrogen-bond acceptors (Lipinski definition) is 6. The Morgan fingerprint density at radius 3 is 1.96 bits per heavy atom. The molecule has 0 aliphatic heterocycles. The third-order valence-corrected chi connectivity index (χ3v) is 4.28. The van der Waals surface area contributed by atoms with Crippen LogP contribution >= 0.6 is 0 Å². The lowest BCUT2D eigenvalue weighted by Gasteiger charge is -2.21. The van der Waals surface area contributed by atoms with Gasteiger partial charge in [-0.1, -0.05) is 12.1 Å². The van der Waals surface area contributed by atoms with Gasteiger partial charge in [-0.15, -0.1) is 4.79 Å². The van der Waals surface area contributed by atoms with Crippen LogP contribution in [0.25, 0.3) is 5.53 Å². The van der Waals surface area contributed by atoms with Crippen LogP contribution in [-0.4, -0.2) is 45.6 Å². The Morgan fingerprint density at radius 1 is 0.929 bits per heavy atom.